The van der Waals surface area contributed by atoms with Crippen molar-refractivity contribution < 1.29 is 0 Å². The average molecular weight is 201 g/mol. The van der Waals surface area contributed by atoms with E-state index in [0.29, 0.717) is 0 Å². The Balaban J connectivity index is 2.28. The maximum absolute atomic E-state index is 6.11. The lowest BCUT2D eigenvalue weighted by Crippen LogP contribution is -1.75. The van der Waals surface area contributed by atoms with Gasteiger partial charge in [0.05, 0.1) is 5.03 Å². The second-order valence-electron chi connectivity index (χ2n) is 2.99. The normalized spacial score (nSPS) is 14.6. The number of hydrogen-bond donors (Lipinski definition) is 0. The lowest BCUT2D eigenvalue weighted by molar-refractivity contribution is 1.64. The molecule has 0 spiro atoms. The molecule has 0 amide bonds. The molecular weight excluding hydrogens is 192 g/mol. The molecule has 68 valence electrons. The molecule has 1 heteroatoms. The lowest BCUT2D eigenvalue weighted by Gasteiger charge is -1.96. The van der Waals surface area contributed by atoms with Crippen LogP contribution in [0.5, 0.6) is 0 Å². The Morgan fingerprint density at radius 1 is 1.21 bits per heavy atom. The number of hydrogen-bond acceptors (Lipinski definition) is 0. The quantitative estimate of drug-likeness (QED) is 0.635. The van der Waals surface area contributed by atoms with E-state index in [0.717, 1.165) is 16.2 Å². The van der Waals surface area contributed by atoms with Gasteiger partial charge in [0.2, 0.25) is 0 Å². The van der Waals surface area contributed by atoms with Gasteiger partial charge in [-0.3, -0.25) is 0 Å². The van der Waals surface area contributed by atoms with Crippen molar-refractivity contribution in [1.82, 2.24) is 0 Å². The van der Waals surface area contributed by atoms with E-state index in [1.807, 2.05) is 54.6 Å². The molecule has 0 aromatic heterocycles. The van der Waals surface area contributed by atoms with Crippen LogP contribution in [0.3, 0.4) is 0 Å². The Morgan fingerprint density at radius 3 is 2.64 bits per heavy atom. The highest BCUT2D eigenvalue weighted by Crippen LogP contribution is 2.20. The van der Waals surface area contributed by atoms with Gasteiger partial charge in [0.25, 0.3) is 0 Å². The van der Waals surface area contributed by atoms with Crippen molar-refractivity contribution in [3.05, 3.63) is 70.5 Å². The topological polar surface area (TPSA) is 0 Å². The standard InChI is InChI=1S/C13H9Cl/c14-13(12-8-4-5-9-12)10-11-6-2-1-3-7-11/h1-8,10H/b13-10+. The molecule has 0 atom stereocenters. The minimum atomic E-state index is 0.723. The summed E-state index contributed by atoms with van der Waals surface area (Å²) < 4.78 is 0. The smallest absolute Gasteiger partial charge is 0.0562 e. The van der Waals surface area contributed by atoms with Gasteiger partial charge in [0.1, 0.15) is 0 Å². The molecule has 1 aromatic rings. The lowest BCUT2D eigenvalue weighted by atomic mass is 10.2. The summed E-state index contributed by atoms with van der Waals surface area (Å²) in [6.45, 7) is 0. The van der Waals surface area contributed by atoms with Crippen molar-refractivity contribution in [1.29, 1.82) is 0 Å². The SMILES string of the molecule is Cl/C(=C/c1ccccc1)C1=C=CC=C1. The Morgan fingerprint density at radius 2 is 2.00 bits per heavy atom. The molecule has 2 rings (SSSR count). The molecule has 1 aliphatic rings. The van der Waals surface area contributed by atoms with Crippen LogP contribution in [0.15, 0.2) is 64.9 Å². The molecule has 0 radical (unpaired) electrons. The summed E-state index contributed by atoms with van der Waals surface area (Å²) in [6.07, 6.45) is 7.67. The van der Waals surface area contributed by atoms with Crippen LogP contribution in [0.1, 0.15) is 5.56 Å². The van der Waals surface area contributed by atoms with Gasteiger partial charge in [-0.25, -0.2) is 0 Å². The number of halogens is 1. The monoisotopic (exact) mass is 200 g/mol. The van der Waals surface area contributed by atoms with Crippen LogP contribution in [0.2, 0.25) is 0 Å². The third-order valence-corrected chi connectivity index (χ3v) is 2.26. The number of rotatable bonds is 2. The van der Waals surface area contributed by atoms with Crippen molar-refractivity contribution in [3.8, 4) is 0 Å². The van der Waals surface area contributed by atoms with Gasteiger partial charge in [-0.2, -0.15) is 0 Å². The first-order valence-corrected chi connectivity index (χ1v) is 4.80. The van der Waals surface area contributed by atoms with Crippen molar-refractivity contribution in [2.75, 3.05) is 0 Å². The summed E-state index contributed by atoms with van der Waals surface area (Å²) in [5, 5.41) is 0.723. The summed E-state index contributed by atoms with van der Waals surface area (Å²) >= 11 is 6.11. The van der Waals surface area contributed by atoms with Crippen LogP contribution in [0, 0.1) is 0 Å². The highest BCUT2D eigenvalue weighted by Gasteiger charge is 1.99. The third kappa shape index (κ3) is 2.05. The Bertz CT molecular complexity index is 443. The van der Waals surface area contributed by atoms with Crippen LogP contribution < -0.4 is 0 Å². The fourth-order valence-electron chi connectivity index (χ4n) is 1.25. The van der Waals surface area contributed by atoms with Crippen LogP contribution >= 0.6 is 11.6 Å². The van der Waals surface area contributed by atoms with E-state index in [9.17, 15) is 0 Å². The second kappa shape index (κ2) is 4.15. The maximum Gasteiger partial charge on any atom is 0.0562 e. The van der Waals surface area contributed by atoms with Crippen molar-refractivity contribution in [3.63, 3.8) is 0 Å². The van der Waals surface area contributed by atoms with Crippen molar-refractivity contribution >= 4 is 17.7 Å². The van der Waals surface area contributed by atoms with E-state index >= 15 is 0 Å². The van der Waals surface area contributed by atoms with Gasteiger partial charge in [0, 0.05) is 5.57 Å². The minimum Gasteiger partial charge on any atom is -0.111 e. The van der Waals surface area contributed by atoms with Gasteiger partial charge in [-0.15, -0.1) is 5.73 Å². The van der Waals surface area contributed by atoms with E-state index in [-0.39, 0.29) is 0 Å². The molecule has 0 heterocycles. The molecule has 0 saturated carbocycles. The van der Waals surface area contributed by atoms with Crippen LogP contribution in [0.4, 0.5) is 0 Å². The van der Waals surface area contributed by atoms with Gasteiger partial charge in [-0.05, 0) is 23.8 Å². The maximum atomic E-state index is 6.11. The van der Waals surface area contributed by atoms with Crippen LogP contribution in [-0.2, 0) is 0 Å². The van der Waals surface area contributed by atoms with E-state index < -0.39 is 0 Å². The second-order valence-corrected chi connectivity index (χ2v) is 3.39. The number of allylic oxidation sites excluding steroid dienone is 4. The highest BCUT2D eigenvalue weighted by atomic mass is 35.5. The zero-order valence-electron chi connectivity index (χ0n) is 7.57. The first-order valence-electron chi connectivity index (χ1n) is 4.42. The zero-order valence-corrected chi connectivity index (χ0v) is 8.33. The third-order valence-electron chi connectivity index (χ3n) is 1.95. The molecule has 0 saturated heterocycles. The average Bonchev–Trinajstić information content (AvgIpc) is 2.72. The summed E-state index contributed by atoms with van der Waals surface area (Å²) in [4.78, 5) is 0. The summed E-state index contributed by atoms with van der Waals surface area (Å²) in [6, 6.07) is 10.0. The van der Waals surface area contributed by atoms with Gasteiger partial charge in [0.15, 0.2) is 0 Å². The molecule has 0 nitrogen and oxygen atoms in total. The summed E-state index contributed by atoms with van der Waals surface area (Å²) in [7, 11) is 0. The molecular formula is C13H9Cl. The van der Waals surface area contributed by atoms with Crippen LogP contribution in [0.25, 0.3) is 6.08 Å². The Labute approximate surface area is 88.5 Å². The van der Waals surface area contributed by atoms with Gasteiger partial charge in [-0.1, -0.05) is 48.0 Å². The fraction of sp³-hybridized carbons (Fsp3) is 0. The predicted molar refractivity (Wildman–Crippen MR) is 61.0 cm³/mol. The van der Waals surface area contributed by atoms with E-state index in [2.05, 4.69) is 5.73 Å². The fourth-order valence-corrected chi connectivity index (χ4v) is 1.50. The van der Waals surface area contributed by atoms with Crippen LogP contribution in [-0.4, -0.2) is 0 Å². The zero-order chi connectivity index (χ0) is 9.80. The summed E-state index contributed by atoms with van der Waals surface area (Å²) in [5.41, 5.74) is 5.10. The van der Waals surface area contributed by atoms with Gasteiger partial charge >= 0.3 is 0 Å². The molecule has 1 aromatic carbocycles. The minimum absolute atomic E-state index is 0.723. The van der Waals surface area contributed by atoms with E-state index in [1.165, 1.54) is 0 Å². The molecule has 14 heavy (non-hydrogen) atoms. The first kappa shape index (κ1) is 9.08. The molecule has 0 N–H and O–H groups in total. The highest BCUT2D eigenvalue weighted by molar-refractivity contribution is 6.34. The largest absolute Gasteiger partial charge is 0.111 e. The molecule has 0 bridgehead atoms. The Kier molecular flexibility index (Phi) is 2.69. The molecule has 0 aliphatic heterocycles. The van der Waals surface area contributed by atoms with E-state index in [4.69, 9.17) is 11.6 Å². The van der Waals surface area contributed by atoms with Gasteiger partial charge < -0.3 is 0 Å². The van der Waals surface area contributed by atoms with Crippen molar-refractivity contribution in [2.24, 2.45) is 0 Å². The predicted octanol–water partition coefficient (Wildman–Crippen LogP) is 3.92. The molecule has 0 fully saturated rings. The first-order chi connectivity index (χ1) is 6.86. The summed E-state index contributed by atoms with van der Waals surface area (Å²) in [5.74, 6) is 0. The number of benzene rings is 1. The van der Waals surface area contributed by atoms with E-state index in [1.54, 1.807) is 0 Å². The van der Waals surface area contributed by atoms with Crippen molar-refractivity contribution in [2.45, 2.75) is 0 Å². The Hall–Kier alpha value is -1.49. The molecule has 1 aliphatic carbocycles. The molecule has 0 unspecified atom stereocenters.